The Hall–Kier alpha value is -3.55. The van der Waals surface area contributed by atoms with Crippen LogP contribution < -0.4 is 15.8 Å². The Labute approximate surface area is 174 Å². The van der Waals surface area contributed by atoms with Crippen LogP contribution in [0.3, 0.4) is 0 Å². The van der Waals surface area contributed by atoms with Crippen molar-refractivity contribution >= 4 is 23.0 Å². The first-order valence-corrected chi connectivity index (χ1v) is 9.71. The van der Waals surface area contributed by atoms with Crippen molar-refractivity contribution in [2.75, 3.05) is 13.2 Å². The number of hydrogen-bond acceptors (Lipinski definition) is 5. The van der Waals surface area contributed by atoms with Gasteiger partial charge >= 0.3 is 6.09 Å². The van der Waals surface area contributed by atoms with E-state index in [0.717, 1.165) is 11.1 Å². The Morgan fingerprint density at radius 3 is 2.67 bits per heavy atom. The van der Waals surface area contributed by atoms with Crippen molar-refractivity contribution in [1.29, 1.82) is 0 Å². The zero-order chi connectivity index (χ0) is 21.7. The van der Waals surface area contributed by atoms with Crippen molar-refractivity contribution in [3.8, 4) is 17.1 Å². The molecule has 1 aromatic heterocycles. The third kappa shape index (κ3) is 5.50. The second kappa shape index (κ2) is 8.86. The summed E-state index contributed by atoms with van der Waals surface area (Å²) in [6, 6.07) is 12.7. The number of nitrogens with zero attached hydrogens (tertiary/aromatic N) is 1. The van der Waals surface area contributed by atoms with E-state index in [9.17, 15) is 9.59 Å². The largest absolute Gasteiger partial charge is 0.494 e. The number of aromatic amines is 1. The molecule has 0 atom stereocenters. The molecule has 4 N–H and O–H groups in total. The maximum atomic E-state index is 11.6. The number of H-pyrrole nitrogens is 1. The molecule has 8 heteroatoms. The van der Waals surface area contributed by atoms with Crippen LogP contribution in [0.25, 0.3) is 22.4 Å². The predicted molar refractivity (Wildman–Crippen MR) is 114 cm³/mol. The number of imidazole rings is 1. The predicted octanol–water partition coefficient (Wildman–Crippen LogP) is 3.62. The summed E-state index contributed by atoms with van der Waals surface area (Å²) in [7, 11) is 0. The Kier molecular flexibility index (Phi) is 6.25. The minimum absolute atomic E-state index is 0.375. The SMILES string of the molecule is CC(C)(C)OC(=O)NCCCOc1cccc(-c2nc3c(C(N)=O)cccc3[nH]2)c1. The third-order valence-electron chi connectivity index (χ3n) is 4.14. The lowest BCUT2D eigenvalue weighted by molar-refractivity contribution is 0.0525. The van der Waals surface area contributed by atoms with Crippen LogP contribution in [-0.4, -0.2) is 40.7 Å². The van der Waals surface area contributed by atoms with Gasteiger partial charge in [-0.05, 0) is 51.5 Å². The van der Waals surface area contributed by atoms with Gasteiger partial charge in [0.05, 0.1) is 17.7 Å². The Balaban J connectivity index is 1.59. The van der Waals surface area contributed by atoms with Crippen LogP contribution in [0.2, 0.25) is 0 Å². The number of para-hydroxylation sites is 1. The van der Waals surface area contributed by atoms with Gasteiger partial charge in [-0.1, -0.05) is 18.2 Å². The second-order valence-electron chi connectivity index (χ2n) is 7.81. The highest BCUT2D eigenvalue weighted by Gasteiger charge is 2.15. The number of amides is 2. The van der Waals surface area contributed by atoms with Gasteiger partial charge in [-0.15, -0.1) is 0 Å². The van der Waals surface area contributed by atoms with E-state index in [0.29, 0.717) is 42.2 Å². The number of primary amides is 1. The van der Waals surface area contributed by atoms with Crippen molar-refractivity contribution in [3.63, 3.8) is 0 Å². The van der Waals surface area contributed by atoms with Crippen LogP contribution in [-0.2, 0) is 4.74 Å². The van der Waals surface area contributed by atoms with Crippen LogP contribution in [0, 0.1) is 0 Å². The fourth-order valence-electron chi connectivity index (χ4n) is 2.87. The number of fused-ring (bicyclic) bond motifs is 1. The van der Waals surface area contributed by atoms with Crippen molar-refractivity contribution in [2.45, 2.75) is 32.8 Å². The number of alkyl carbamates (subject to hydrolysis) is 1. The molecule has 2 aromatic carbocycles. The Bertz CT molecular complexity index is 1050. The topological polar surface area (TPSA) is 119 Å². The number of rotatable bonds is 7. The summed E-state index contributed by atoms with van der Waals surface area (Å²) in [5.41, 5.74) is 7.39. The summed E-state index contributed by atoms with van der Waals surface area (Å²) < 4.78 is 11.0. The zero-order valence-corrected chi connectivity index (χ0v) is 17.3. The summed E-state index contributed by atoms with van der Waals surface area (Å²) in [6.45, 7) is 6.34. The van der Waals surface area contributed by atoms with E-state index in [1.807, 2.05) is 51.1 Å². The van der Waals surface area contributed by atoms with Crippen LogP contribution >= 0.6 is 0 Å². The van der Waals surface area contributed by atoms with Gasteiger partial charge in [0.15, 0.2) is 0 Å². The average Bonchev–Trinajstić information content (AvgIpc) is 3.10. The van der Waals surface area contributed by atoms with Crippen LogP contribution in [0.15, 0.2) is 42.5 Å². The van der Waals surface area contributed by atoms with Crippen LogP contribution in [0.5, 0.6) is 5.75 Å². The molecular formula is C22H26N4O4. The number of hydrogen-bond donors (Lipinski definition) is 3. The maximum absolute atomic E-state index is 11.6. The molecule has 2 amide bonds. The third-order valence-corrected chi connectivity index (χ3v) is 4.14. The lowest BCUT2D eigenvalue weighted by atomic mass is 10.2. The summed E-state index contributed by atoms with van der Waals surface area (Å²) in [6.07, 6.45) is 0.195. The van der Waals surface area contributed by atoms with Crippen molar-refractivity contribution in [2.24, 2.45) is 5.73 Å². The van der Waals surface area contributed by atoms with Gasteiger partial charge in [0.2, 0.25) is 0 Å². The minimum Gasteiger partial charge on any atom is -0.494 e. The van der Waals surface area contributed by atoms with Gasteiger partial charge in [-0.25, -0.2) is 9.78 Å². The van der Waals surface area contributed by atoms with E-state index in [2.05, 4.69) is 15.3 Å². The molecule has 1 heterocycles. The molecule has 0 unspecified atom stereocenters. The van der Waals surface area contributed by atoms with Gasteiger partial charge < -0.3 is 25.5 Å². The summed E-state index contributed by atoms with van der Waals surface area (Å²) in [4.78, 5) is 31.0. The van der Waals surface area contributed by atoms with E-state index in [1.165, 1.54) is 0 Å². The zero-order valence-electron chi connectivity index (χ0n) is 17.3. The first-order chi connectivity index (χ1) is 14.2. The normalized spacial score (nSPS) is 11.3. The van der Waals surface area contributed by atoms with Crippen LogP contribution in [0.1, 0.15) is 37.6 Å². The highest BCUT2D eigenvalue weighted by Crippen LogP contribution is 2.25. The number of nitrogens with one attached hydrogen (secondary N) is 2. The molecule has 0 spiro atoms. The van der Waals surface area contributed by atoms with Gasteiger partial charge in [0.25, 0.3) is 5.91 Å². The highest BCUT2D eigenvalue weighted by atomic mass is 16.6. The summed E-state index contributed by atoms with van der Waals surface area (Å²) in [5, 5.41) is 2.70. The monoisotopic (exact) mass is 410 g/mol. The molecular weight excluding hydrogens is 384 g/mol. The molecule has 0 aliphatic carbocycles. The van der Waals surface area contributed by atoms with Gasteiger partial charge in [0.1, 0.15) is 22.7 Å². The molecule has 0 aliphatic rings. The molecule has 0 aliphatic heterocycles. The fourth-order valence-corrected chi connectivity index (χ4v) is 2.87. The van der Waals surface area contributed by atoms with Gasteiger partial charge in [-0.3, -0.25) is 4.79 Å². The molecule has 0 bridgehead atoms. The molecule has 158 valence electrons. The van der Waals surface area contributed by atoms with Crippen LogP contribution in [0.4, 0.5) is 4.79 Å². The Morgan fingerprint density at radius 1 is 1.17 bits per heavy atom. The molecule has 8 nitrogen and oxygen atoms in total. The number of carbonyl (C=O) groups is 2. The van der Waals surface area contributed by atoms with E-state index < -0.39 is 17.6 Å². The molecule has 0 radical (unpaired) electrons. The molecule has 3 rings (SSSR count). The fraction of sp³-hybridized carbons (Fsp3) is 0.318. The van der Waals surface area contributed by atoms with E-state index in [1.54, 1.807) is 12.1 Å². The van der Waals surface area contributed by atoms with Crippen molar-refractivity contribution in [1.82, 2.24) is 15.3 Å². The quantitative estimate of drug-likeness (QED) is 0.514. The molecule has 0 fully saturated rings. The molecule has 3 aromatic rings. The number of benzene rings is 2. The standard InChI is InChI=1S/C22H26N4O4/c1-22(2,3)30-21(28)24-11-6-12-29-15-8-4-7-14(13-15)20-25-17-10-5-9-16(19(23)27)18(17)26-20/h4-5,7-10,13H,6,11-12H2,1-3H3,(H2,23,27)(H,24,28)(H,25,26). The molecule has 0 saturated carbocycles. The van der Waals surface area contributed by atoms with Gasteiger partial charge in [0, 0.05) is 12.1 Å². The van der Waals surface area contributed by atoms with E-state index >= 15 is 0 Å². The average molecular weight is 410 g/mol. The summed E-state index contributed by atoms with van der Waals surface area (Å²) >= 11 is 0. The maximum Gasteiger partial charge on any atom is 0.407 e. The lowest BCUT2D eigenvalue weighted by Crippen LogP contribution is -2.33. The number of nitrogens with two attached hydrogens (primary N) is 1. The lowest BCUT2D eigenvalue weighted by Gasteiger charge is -2.19. The van der Waals surface area contributed by atoms with Crippen molar-refractivity contribution < 1.29 is 19.1 Å². The number of carbonyl (C=O) groups excluding carboxylic acids is 2. The van der Waals surface area contributed by atoms with Crippen molar-refractivity contribution in [3.05, 3.63) is 48.0 Å². The second-order valence-corrected chi connectivity index (χ2v) is 7.81. The van der Waals surface area contributed by atoms with E-state index in [4.69, 9.17) is 15.2 Å². The van der Waals surface area contributed by atoms with E-state index in [-0.39, 0.29) is 0 Å². The highest BCUT2D eigenvalue weighted by molar-refractivity contribution is 6.04. The first kappa shape index (κ1) is 21.2. The number of aromatic nitrogens is 2. The minimum atomic E-state index is -0.518. The Morgan fingerprint density at radius 2 is 1.93 bits per heavy atom. The first-order valence-electron chi connectivity index (χ1n) is 9.71. The smallest absolute Gasteiger partial charge is 0.407 e. The summed E-state index contributed by atoms with van der Waals surface area (Å²) in [5.74, 6) is 0.784. The molecule has 30 heavy (non-hydrogen) atoms. The number of ether oxygens (including phenoxy) is 2. The molecule has 0 saturated heterocycles. The van der Waals surface area contributed by atoms with Gasteiger partial charge in [-0.2, -0.15) is 0 Å².